The minimum Gasteiger partial charge on any atom is -0.322 e. The zero-order valence-corrected chi connectivity index (χ0v) is 19.5. The van der Waals surface area contributed by atoms with Crippen LogP contribution in [0, 0.1) is 5.82 Å². The molecule has 0 atom stereocenters. The summed E-state index contributed by atoms with van der Waals surface area (Å²) in [6.07, 6.45) is 6.14. The molecule has 7 nitrogen and oxygen atoms in total. The molecule has 0 saturated carbocycles. The molecule has 34 heavy (non-hydrogen) atoms. The standard InChI is InChI=1S/C25H24ClFN6O/c1-2-22-20(15-28-33(22)18-8-6-7-16(26)13-18)25(34)29-17-10-11-21(27)19(14-17)24-31-30-23-9-4-3-5-12-32(23)24/h6-8,10-11,13-15H,2-5,9,12H2,1H3,(H,29,34). The molecule has 174 valence electrons. The lowest BCUT2D eigenvalue weighted by atomic mass is 10.1. The monoisotopic (exact) mass is 478 g/mol. The van der Waals surface area contributed by atoms with E-state index in [1.165, 1.54) is 12.3 Å². The van der Waals surface area contributed by atoms with E-state index in [9.17, 15) is 9.18 Å². The molecule has 0 bridgehead atoms. The molecule has 2 aromatic carbocycles. The first-order chi connectivity index (χ1) is 16.5. The van der Waals surface area contributed by atoms with Crippen LogP contribution >= 0.6 is 11.6 Å². The molecule has 1 aliphatic heterocycles. The molecule has 1 amide bonds. The molecule has 0 unspecified atom stereocenters. The van der Waals surface area contributed by atoms with Crippen LogP contribution in [0.3, 0.4) is 0 Å². The van der Waals surface area contributed by atoms with Crippen LogP contribution in [0.25, 0.3) is 17.1 Å². The molecule has 1 aliphatic rings. The van der Waals surface area contributed by atoms with Crippen LogP contribution in [-0.2, 0) is 19.4 Å². The molecule has 0 saturated heterocycles. The Kier molecular flexibility index (Phi) is 6.15. The van der Waals surface area contributed by atoms with Gasteiger partial charge in [0.2, 0.25) is 0 Å². The summed E-state index contributed by atoms with van der Waals surface area (Å²) >= 11 is 6.13. The number of carbonyl (C=O) groups excluding carboxylic acids is 1. The second-order valence-electron chi connectivity index (χ2n) is 8.30. The van der Waals surface area contributed by atoms with Crippen molar-refractivity contribution in [1.82, 2.24) is 24.5 Å². The number of amides is 1. The van der Waals surface area contributed by atoms with Gasteiger partial charge < -0.3 is 9.88 Å². The number of nitrogens with one attached hydrogen (secondary N) is 1. The number of aromatic nitrogens is 5. The number of benzene rings is 2. The number of anilines is 1. The third kappa shape index (κ3) is 4.21. The van der Waals surface area contributed by atoms with Crippen LogP contribution in [0.1, 0.15) is 48.1 Å². The van der Waals surface area contributed by atoms with E-state index in [4.69, 9.17) is 11.6 Å². The highest BCUT2D eigenvalue weighted by molar-refractivity contribution is 6.30. The van der Waals surface area contributed by atoms with Gasteiger partial charge in [-0.15, -0.1) is 10.2 Å². The number of hydrogen-bond donors (Lipinski definition) is 1. The Morgan fingerprint density at radius 2 is 2.03 bits per heavy atom. The van der Waals surface area contributed by atoms with Gasteiger partial charge in [0.25, 0.3) is 5.91 Å². The summed E-state index contributed by atoms with van der Waals surface area (Å²) in [5.74, 6) is 0.652. The minimum atomic E-state index is -0.402. The number of hydrogen-bond acceptors (Lipinski definition) is 4. The summed E-state index contributed by atoms with van der Waals surface area (Å²) in [7, 11) is 0. The maximum Gasteiger partial charge on any atom is 0.259 e. The highest BCUT2D eigenvalue weighted by Gasteiger charge is 2.21. The van der Waals surface area contributed by atoms with Gasteiger partial charge in [-0.1, -0.05) is 31.0 Å². The van der Waals surface area contributed by atoms with Crippen molar-refractivity contribution in [1.29, 1.82) is 0 Å². The van der Waals surface area contributed by atoms with E-state index in [1.54, 1.807) is 28.9 Å². The van der Waals surface area contributed by atoms with Crippen molar-refractivity contribution in [2.24, 2.45) is 0 Å². The van der Waals surface area contributed by atoms with Crippen molar-refractivity contribution in [3.05, 3.63) is 76.6 Å². The number of nitrogens with zero attached hydrogens (tertiary/aromatic N) is 5. The molecule has 0 spiro atoms. The summed E-state index contributed by atoms with van der Waals surface area (Å²) in [5.41, 5.74) is 2.78. The van der Waals surface area contributed by atoms with E-state index in [0.717, 1.165) is 49.4 Å². The lowest BCUT2D eigenvalue weighted by Gasteiger charge is -2.11. The van der Waals surface area contributed by atoms with Crippen LogP contribution in [0.4, 0.5) is 10.1 Å². The number of halogens is 2. The lowest BCUT2D eigenvalue weighted by molar-refractivity contribution is 0.102. The van der Waals surface area contributed by atoms with Gasteiger partial charge >= 0.3 is 0 Å². The maximum absolute atomic E-state index is 14.8. The summed E-state index contributed by atoms with van der Waals surface area (Å²) in [5, 5.41) is 16.4. The molecule has 1 N–H and O–H groups in total. The first-order valence-electron chi connectivity index (χ1n) is 11.4. The van der Waals surface area contributed by atoms with E-state index in [-0.39, 0.29) is 5.91 Å². The summed E-state index contributed by atoms with van der Waals surface area (Å²) < 4.78 is 18.5. The zero-order valence-electron chi connectivity index (χ0n) is 18.8. The van der Waals surface area contributed by atoms with Gasteiger partial charge in [-0.2, -0.15) is 5.10 Å². The Hall–Kier alpha value is -3.52. The fraction of sp³-hybridized carbons (Fsp3) is 0.280. The van der Waals surface area contributed by atoms with E-state index in [1.807, 2.05) is 23.6 Å². The molecule has 0 aliphatic carbocycles. The Morgan fingerprint density at radius 3 is 2.85 bits per heavy atom. The Bertz CT molecular complexity index is 1360. The fourth-order valence-electron chi connectivity index (χ4n) is 4.39. The lowest BCUT2D eigenvalue weighted by Crippen LogP contribution is -2.14. The van der Waals surface area contributed by atoms with Crippen molar-refractivity contribution in [2.45, 2.75) is 45.6 Å². The average Bonchev–Trinajstić information content (AvgIpc) is 3.37. The second-order valence-corrected chi connectivity index (χ2v) is 8.74. The molecule has 9 heteroatoms. The first-order valence-corrected chi connectivity index (χ1v) is 11.8. The highest BCUT2D eigenvalue weighted by atomic mass is 35.5. The van der Waals surface area contributed by atoms with E-state index in [0.29, 0.717) is 34.1 Å². The van der Waals surface area contributed by atoms with Gasteiger partial charge in [-0.05, 0) is 55.7 Å². The van der Waals surface area contributed by atoms with Crippen molar-refractivity contribution in [3.8, 4) is 17.1 Å². The van der Waals surface area contributed by atoms with Crippen molar-refractivity contribution in [2.75, 3.05) is 5.32 Å². The smallest absolute Gasteiger partial charge is 0.259 e. The van der Waals surface area contributed by atoms with Gasteiger partial charge in [0.15, 0.2) is 5.82 Å². The largest absolute Gasteiger partial charge is 0.322 e. The minimum absolute atomic E-state index is 0.317. The highest BCUT2D eigenvalue weighted by Crippen LogP contribution is 2.28. The third-order valence-corrected chi connectivity index (χ3v) is 6.31. The van der Waals surface area contributed by atoms with Crippen molar-refractivity contribution < 1.29 is 9.18 Å². The summed E-state index contributed by atoms with van der Waals surface area (Å²) in [6, 6.07) is 11.8. The summed E-state index contributed by atoms with van der Waals surface area (Å²) in [4.78, 5) is 13.1. The fourth-order valence-corrected chi connectivity index (χ4v) is 4.58. The Morgan fingerprint density at radius 1 is 1.15 bits per heavy atom. The Balaban J connectivity index is 1.44. The number of rotatable bonds is 5. The molecule has 2 aromatic heterocycles. The third-order valence-electron chi connectivity index (χ3n) is 6.08. The van der Waals surface area contributed by atoms with Crippen LogP contribution in [0.15, 0.2) is 48.7 Å². The van der Waals surface area contributed by atoms with Gasteiger partial charge in [-0.3, -0.25) is 4.79 Å². The van der Waals surface area contributed by atoms with Crippen molar-refractivity contribution >= 4 is 23.2 Å². The Labute approximate surface area is 201 Å². The second kappa shape index (κ2) is 9.38. The molecule has 5 rings (SSSR count). The van der Waals surface area contributed by atoms with Gasteiger partial charge in [0.1, 0.15) is 11.6 Å². The number of carbonyl (C=O) groups is 1. The maximum atomic E-state index is 14.8. The number of aryl methyl sites for hydroxylation is 1. The van der Waals surface area contributed by atoms with Gasteiger partial charge in [-0.25, -0.2) is 9.07 Å². The molecule has 3 heterocycles. The van der Waals surface area contributed by atoms with E-state index >= 15 is 0 Å². The van der Waals surface area contributed by atoms with Crippen LogP contribution in [0.5, 0.6) is 0 Å². The normalized spacial score (nSPS) is 13.4. The molecular weight excluding hydrogens is 455 g/mol. The average molecular weight is 479 g/mol. The summed E-state index contributed by atoms with van der Waals surface area (Å²) in [6.45, 7) is 2.72. The van der Waals surface area contributed by atoms with Gasteiger partial charge in [0.05, 0.1) is 28.7 Å². The quantitative estimate of drug-likeness (QED) is 0.413. The zero-order chi connectivity index (χ0) is 23.7. The molecule has 0 fully saturated rings. The SMILES string of the molecule is CCc1c(C(=O)Nc2ccc(F)c(-c3nnc4n3CCCCC4)c2)cnn1-c1cccc(Cl)c1. The van der Waals surface area contributed by atoms with E-state index in [2.05, 4.69) is 20.6 Å². The number of fused-ring (bicyclic) bond motifs is 1. The van der Waals surface area contributed by atoms with Crippen LogP contribution in [0.2, 0.25) is 5.02 Å². The molecule has 0 radical (unpaired) electrons. The predicted molar refractivity (Wildman–Crippen MR) is 129 cm³/mol. The van der Waals surface area contributed by atoms with E-state index < -0.39 is 5.82 Å². The topological polar surface area (TPSA) is 77.6 Å². The van der Waals surface area contributed by atoms with Crippen LogP contribution in [-0.4, -0.2) is 30.5 Å². The molecular formula is C25H24ClFN6O. The van der Waals surface area contributed by atoms with Gasteiger partial charge in [0, 0.05) is 23.7 Å². The van der Waals surface area contributed by atoms with Crippen LogP contribution < -0.4 is 5.32 Å². The van der Waals surface area contributed by atoms with Crippen molar-refractivity contribution in [3.63, 3.8) is 0 Å². The predicted octanol–water partition coefficient (Wildman–Crippen LogP) is 5.46. The first kappa shape index (κ1) is 22.3. The molecule has 4 aromatic rings.